The quantitative estimate of drug-likeness (QED) is 0.147. The smallest absolute Gasteiger partial charge is 0.407 e. The Bertz CT molecular complexity index is 1450. The van der Waals surface area contributed by atoms with Crippen molar-refractivity contribution in [3.8, 4) is 0 Å². The third-order valence-electron chi connectivity index (χ3n) is 16.4. The zero-order valence-corrected chi connectivity index (χ0v) is 32.0. The zero-order valence-electron chi connectivity index (χ0n) is 32.0. The molecule has 6 saturated carbocycles. The number of rotatable bonds is 11. The Hall–Kier alpha value is -3.05. The van der Waals surface area contributed by atoms with Crippen molar-refractivity contribution in [2.45, 2.75) is 150 Å². The van der Waals surface area contributed by atoms with Gasteiger partial charge in [-0.15, -0.1) is 0 Å². The van der Waals surface area contributed by atoms with Crippen molar-refractivity contribution in [3.05, 3.63) is 0 Å². The van der Waals surface area contributed by atoms with Crippen molar-refractivity contribution < 1.29 is 48.8 Å². The second kappa shape index (κ2) is 13.7. The molecule has 6 aliphatic carbocycles. The molecule has 0 aromatic heterocycles. The number of carbonyl (C=O) groups excluding carboxylic acids is 2. The third-order valence-corrected chi connectivity index (χ3v) is 16.4. The predicted molar refractivity (Wildman–Crippen MR) is 190 cm³/mol. The molecule has 0 saturated heterocycles. The number of hydrogen-bond donors (Lipinski definition) is 5. The number of fused-ring (bicyclic) bond motifs is 7. The lowest BCUT2D eigenvalue weighted by atomic mass is 9.32. The lowest BCUT2D eigenvalue weighted by Crippen LogP contribution is -2.67. The summed E-state index contributed by atoms with van der Waals surface area (Å²) >= 11 is 0. The van der Waals surface area contributed by atoms with Crippen molar-refractivity contribution in [1.82, 2.24) is 10.6 Å². The van der Waals surface area contributed by atoms with Gasteiger partial charge in [0, 0.05) is 17.9 Å². The summed E-state index contributed by atoms with van der Waals surface area (Å²) in [5.41, 5.74) is -0.987. The van der Waals surface area contributed by atoms with E-state index in [1.54, 1.807) is 0 Å². The van der Waals surface area contributed by atoms with E-state index in [0.29, 0.717) is 24.7 Å². The average molecular weight is 731 g/mol. The maximum Gasteiger partial charge on any atom is 0.407 e. The summed E-state index contributed by atoms with van der Waals surface area (Å²) < 4.78 is 11.7. The van der Waals surface area contributed by atoms with E-state index in [2.05, 4.69) is 45.3 Å². The Morgan fingerprint density at radius 3 is 2.12 bits per heavy atom. The molecule has 6 rings (SSSR count). The summed E-state index contributed by atoms with van der Waals surface area (Å²) in [5.74, 6) is -2.32. The van der Waals surface area contributed by atoms with Crippen LogP contribution in [0, 0.1) is 62.6 Å². The van der Waals surface area contributed by atoms with Gasteiger partial charge in [-0.3, -0.25) is 9.59 Å². The first kappa shape index (κ1) is 38.7. The molecular formula is C40H62N2O10. The topological polar surface area (TPSA) is 189 Å². The maximum atomic E-state index is 13.3. The van der Waals surface area contributed by atoms with Crippen LogP contribution in [0.25, 0.3) is 0 Å². The standard InChI is InChI=1S/C40H62N2O10/c1-22(21-51-34(49)42-26(32(45)46)10-12-30(43)44)24-13-18-40(33(47)48)20-19-38(5)25(31(24)40)9-11-28-37(4)16-15-29(52-35(50)41-23-7-8-23)36(2,3)27(37)14-17-39(28,38)6/h22-29,31H,7-21H2,1-6H3,(H,41,50)(H,42,49)(H,43,44)(H,45,46)(H,47,48)/t22?,24-,25?,26?,27?,28?,29+,31?,37-,38+,39+,40-/m0/s1. The van der Waals surface area contributed by atoms with Gasteiger partial charge in [-0.2, -0.15) is 0 Å². The molecule has 292 valence electrons. The highest BCUT2D eigenvalue weighted by Crippen LogP contribution is 2.77. The molecule has 6 aliphatic rings. The van der Waals surface area contributed by atoms with E-state index in [-0.39, 0.29) is 76.6 Å². The Morgan fingerprint density at radius 1 is 0.769 bits per heavy atom. The fraction of sp³-hybridized carbons (Fsp3) is 0.875. The SMILES string of the molecule is CC(COC(=O)NC(CCC(=O)O)C(=O)O)[C@@H]1CC[C@]2(C(=O)O)CC[C@]3(C)C(CCC4[C@@]5(C)CC[C@@H](OC(=O)NC6CC6)C(C)(C)C5CC[C@]43C)C12. The van der Waals surface area contributed by atoms with Gasteiger partial charge in [-0.1, -0.05) is 41.5 Å². The number of carboxylic acid groups (broad SMARTS) is 3. The molecule has 0 aromatic rings. The van der Waals surface area contributed by atoms with Crippen LogP contribution in [0.3, 0.4) is 0 Å². The first-order valence-electron chi connectivity index (χ1n) is 19.9. The van der Waals surface area contributed by atoms with Crippen molar-refractivity contribution in [1.29, 1.82) is 0 Å². The van der Waals surface area contributed by atoms with Crippen LogP contribution < -0.4 is 10.6 Å². The largest absolute Gasteiger partial charge is 0.481 e. The van der Waals surface area contributed by atoms with Crippen molar-refractivity contribution in [2.24, 2.45) is 62.6 Å². The van der Waals surface area contributed by atoms with E-state index < -0.39 is 41.9 Å². The normalized spacial score (nSPS) is 41.4. The number of ether oxygens (including phenoxy) is 2. The van der Waals surface area contributed by atoms with Gasteiger partial charge in [0.25, 0.3) is 0 Å². The Morgan fingerprint density at radius 2 is 1.48 bits per heavy atom. The van der Waals surface area contributed by atoms with Crippen LogP contribution in [0.4, 0.5) is 9.59 Å². The van der Waals surface area contributed by atoms with Crippen LogP contribution >= 0.6 is 0 Å². The van der Waals surface area contributed by atoms with Crippen LogP contribution in [0.15, 0.2) is 0 Å². The highest BCUT2D eigenvalue weighted by atomic mass is 16.6. The van der Waals surface area contributed by atoms with E-state index in [4.69, 9.17) is 14.6 Å². The fourth-order valence-corrected chi connectivity index (χ4v) is 13.4. The Balaban J connectivity index is 1.19. The molecule has 12 nitrogen and oxygen atoms in total. The summed E-state index contributed by atoms with van der Waals surface area (Å²) in [6.07, 6.45) is 8.83. The fourth-order valence-electron chi connectivity index (χ4n) is 13.4. The van der Waals surface area contributed by atoms with Gasteiger partial charge in [0.1, 0.15) is 12.1 Å². The summed E-state index contributed by atoms with van der Waals surface area (Å²) in [6, 6.07) is -1.12. The second-order valence-corrected chi connectivity index (χ2v) is 19.1. The molecule has 12 heteroatoms. The molecule has 6 fully saturated rings. The van der Waals surface area contributed by atoms with Gasteiger partial charge in [0.15, 0.2) is 0 Å². The van der Waals surface area contributed by atoms with Gasteiger partial charge in [0.05, 0.1) is 12.0 Å². The zero-order chi connectivity index (χ0) is 38.0. The molecule has 0 bridgehead atoms. The minimum atomic E-state index is -1.38. The molecule has 5 N–H and O–H groups in total. The van der Waals surface area contributed by atoms with Crippen LogP contribution in [0.1, 0.15) is 131 Å². The summed E-state index contributed by atoms with van der Waals surface area (Å²) in [4.78, 5) is 61.3. The Kier molecular flexibility index (Phi) is 10.2. The molecule has 0 spiro atoms. The number of amides is 2. The highest BCUT2D eigenvalue weighted by Gasteiger charge is 2.72. The van der Waals surface area contributed by atoms with E-state index in [1.165, 1.54) is 0 Å². The lowest BCUT2D eigenvalue weighted by Gasteiger charge is -2.72. The summed E-state index contributed by atoms with van der Waals surface area (Å²) in [7, 11) is 0. The average Bonchev–Trinajstić information content (AvgIpc) is 3.78. The van der Waals surface area contributed by atoms with E-state index in [9.17, 15) is 34.2 Å². The van der Waals surface area contributed by atoms with Crippen molar-refractivity contribution in [2.75, 3.05) is 6.61 Å². The maximum absolute atomic E-state index is 13.3. The van der Waals surface area contributed by atoms with Gasteiger partial charge in [-0.25, -0.2) is 14.4 Å². The molecule has 2 amide bonds. The molecule has 0 heterocycles. The molecular weight excluding hydrogens is 668 g/mol. The molecule has 0 aromatic carbocycles. The predicted octanol–water partition coefficient (Wildman–Crippen LogP) is 7.09. The minimum absolute atomic E-state index is 0.00745. The van der Waals surface area contributed by atoms with Crippen LogP contribution in [0.5, 0.6) is 0 Å². The molecule has 6 unspecified atom stereocenters. The Labute approximate surface area is 307 Å². The van der Waals surface area contributed by atoms with Crippen molar-refractivity contribution in [3.63, 3.8) is 0 Å². The lowest BCUT2D eigenvalue weighted by molar-refractivity contribution is -0.249. The van der Waals surface area contributed by atoms with Gasteiger partial charge in [-0.05, 0) is 135 Å². The number of carboxylic acids is 3. The van der Waals surface area contributed by atoms with Gasteiger partial charge >= 0.3 is 30.1 Å². The molecule has 12 atom stereocenters. The van der Waals surface area contributed by atoms with Gasteiger partial charge in [0.2, 0.25) is 0 Å². The third kappa shape index (κ3) is 6.35. The number of nitrogens with one attached hydrogen (secondary N) is 2. The number of carbonyl (C=O) groups is 5. The highest BCUT2D eigenvalue weighted by molar-refractivity contribution is 5.80. The van der Waals surface area contributed by atoms with Gasteiger partial charge < -0.3 is 35.4 Å². The van der Waals surface area contributed by atoms with Crippen molar-refractivity contribution >= 4 is 30.1 Å². The van der Waals surface area contributed by atoms with E-state index >= 15 is 0 Å². The number of alkyl carbamates (subject to hydrolysis) is 2. The minimum Gasteiger partial charge on any atom is -0.481 e. The monoisotopic (exact) mass is 730 g/mol. The summed E-state index contributed by atoms with van der Waals surface area (Å²) in [5, 5.41) is 34.6. The molecule has 0 radical (unpaired) electrons. The summed E-state index contributed by atoms with van der Waals surface area (Å²) in [6.45, 7) is 14.1. The van der Waals surface area contributed by atoms with Crippen LogP contribution in [0.2, 0.25) is 0 Å². The van der Waals surface area contributed by atoms with Crippen LogP contribution in [-0.4, -0.2) is 70.2 Å². The molecule has 52 heavy (non-hydrogen) atoms. The first-order chi connectivity index (χ1) is 24.3. The second-order valence-electron chi connectivity index (χ2n) is 19.1. The number of hydrogen-bond acceptors (Lipinski definition) is 7. The molecule has 0 aliphatic heterocycles. The van der Waals surface area contributed by atoms with E-state index in [0.717, 1.165) is 64.2 Å². The first-order valence-corrected chi connectivity index (χ1v) is 19.9. The number of aliphatic carboxylic acids is 3. The van der Waals surface area contributed by atoms with Crippen LogP contribution in [-0.2, 0) is 23.9 Å². The van der Waals surface area contributed by atoms with E-state index in [1.807, 2.05) is 6.92 Å².